The summed E-state index contributed by atoms with van der Waals surface area (Å²) in [5.74, 6) is 0.119. The third kappa shape index (κ3) is 4.90. The van der Waals surface area contributed by atoms with Gasteiger partial charge in [0.25, 0.3) is 5.91 Å². The van der Waals surface area contributed by atoms with Gasteiger partial charge in [0.05, 0.1) is 5.37 Å². The molecule has 3 rings (SSSR count). The molecule has 0 bridgehead atoms. The molecule has 1 aliphatic rings. The zero-order valence-corrected chi connectivity index (χ0v) is 16.8. The molecule has 7 heteroatoms. The van der Waals surface area contributed by atoms with Crippen molar-refractivity contribution in [1.29, 1.82) is 0 Å². The smallest absolute Gasteiger partial charge is 0.255 e. The molecule has 1 saturated heterocycles. The van der Waals surface area contributed by atoms with Crippen molar-refractivity contribution < 1.29 is 14.0 Å². The SMILES string of the molecule is CC(C)CC1SCC(C(=O)NCc2cccnc2)N1C(=O)c1ccc(F)cc1. The normalized spacial score (nSPS) is 19.1. The van der Waals surface area contributed by atoms with Crippen LogP contribution in [0.25, 0.3) is 0 Å². The van der Waals surface area contributed by atoms with Crippen LogP contribution in [0.15, 0.2) is 48.8 Å². The Morgan fingerprint density at radius 3 is 2.68 bits per heavy atom. The number of amides is 2. The highest BCUT2D eigenvalue weighted by Gasteiger charge is 2.41. The number of rotatable bonds is 6. The minimum atomic E-state index is -0.553. The lowest BCUT2D eigenvalue weighted by atomic mass is 10.1. The van der Waals surface area contributed by atoms with E-state index in [-0.39, 0.29) is 17.2 Å². The maximum atomic E-state index is 13.2. The number of hydrogen-bond donors (Lipinski definition) is 1. The maximum Gasteiger partial charge on any atom is 0.255 e. The van der Waals surface area contributed by atoms with E-state index < -0.39 is 11.9 Å². The van der Waals surface area contributed by atoms with E-state index in [1.54, 1.807) is 29.1 Å². The molecular weight excluding hydrogens is 377 g/mol. The van der Waals surface area contributed by atoms with E-state index in [0.717, 1.165) is 12.0 Å². The number of carbonyl (C=O) groups excluding carboxylic acids is 2. The van der Waals surface area contributed by atoms with Gasteiger partial charge in [-0.1, -0.05) is 19.9 Å². The lowest BCUT2D eigenvalue weighted by molar-refractivity contribution is -0.125. The summed E-state index contributed by atoms with van der Waals surface area (Å²) in [6.45, 7) is 4.55. The van der Waals surface area contributed by atoms with Crippen LogP contribution in [0.4, 0.5) is 4.39 Å². The number of hydrogen-bond acceptors (Lipinski definition) is 4. The summed E-state index contributed by atoms with van der Waals surface area (Å²) in [6, 6.07) is 8.63. The first-order valence-corrected chi connectivity index (χ1v) is 10.4. The third-order valence-corrected chi connectivity index (χ3v) is 5.90. The van der Waals surface area contributed by atoms with Gasteiger partial charge in [-0.25, -0.2) is 4.39 Å². The average Bonchev–Trinajstić information content (AvgIpc) is 3.10. The molecule has 0 aliphatic carbocycles. The summed E-state index contributed by atoms with van der Waals surface area (Å²) in [7, 11) is 0. The first-order chi connectivity index (χ1) is 13.5. The van der Waals surface area contributed by atoms with Gasteiger partial charge in [0.2, 0.25) is 5.91 Å². The van der Waals surface area contributed by atoms with Crippen molar-refractivity contribution in [2.75, 3.05) is 5.75 Å². The summed E-state index contributed by atoms with van der Waals surface area (Å²) in [6.07, 6.45) is 4.18. The van der Waals surface area contributed by atoms with Crippen molar-refractivity contribution in [2.45, 2.75) is 38.2 Å². The van der Waals surface area contributed by atoms with Gasteiger partial charge >= 0.3 is 0 Å². The number of halogens is 1. The fourth-order valence-electron chi connectivity index (χ4n) is 3.17. The highest BCUT2D eigenvalue weighted by Crippen LogP contribution is 2.34. The molecular formula is C21H24FN3O2S. The van der Waals surface area contributed by atoms with Gasteiger partial charge in [0, 0.05) is 30.3 Å². The molecule has 5 nitrogen and oxygen atoms in total. The van der Waals surface area contributed by atoms with E-state index in [1.165, 1.54) is 24.3 Å². The molecule has 2 heterocycles. The Hall–Kier alpha value is -2.41. The summed E-state index contributed by atoms with van der Waals surface area (Å²) >= 11 is 1.62. The van der Waals surface area contributed by atoms with Crippen LogP contribution >= 0.6 is 11.8 Å². The van der Waals surface area contributed by atoms with Crippen LogP contribution in [0.1, 0.15) is 36.2 Å². The molecule has 28 heavy (non-hydrogen) atoms. The fourth-order valence-corrected chi connectivity index (χ4v) is 4.81. The second-order valence-electron chi connectivity index (χ2n) is 7.23. The summed E-state index contributed by atoms with van der Waals surface area (Å²) < 4.78 is 13.2. The quantitative estimate of drug-likeness (QED) is 0.805. The monoisotopic (exact) mass is 401 g/mol. The van der Waals surface area contributed by atoms with Crippen LogP contribution in [-0.2, 0) is 11.3 Å². The zero-order chi connectivity index (χ0) is 20.1. The Morgan fingerprint density at radius 2 is 2.04 bits per heavy atom. The molecule has 0 saturated carbocycles. The van der Waals surface area contributed by atoms with E-state index in [9.17, 15) is 14.0 Å². The molecule has 1 aromatic heterocycles. The molecule has 2 unspecified atom stereocenters. The van der Waals surface area contributed by atoms with E-state index in [4.69, 9.17) is 0 Å². The summed E-state index contributed by atoms with van der Waals surface area (Å²) in [5, 5.41) is 2.84. The van der Waals surface area contributed by atoms with Crippen molar-refractivity contribution in [3.05, 3.63) is 65.7 Å². The molecule has 1 aliphatic heterocycles. The van der Waals surface area contributed by atoms with Crippen LogP contribution in [0.3, 0.4) is 0 Å². The van der Waals surface area contributed by atoms with Gasteiger partial charge in [0.15, 0.2) is 0 Å². The van der Waals surface area contributed by atoms with Gasteiger partial charge in [-0.2, -0.15) is 0 Å². The van der Waals surface area contributed by atoms with Crippen LogP contribution in [0.2, 0.25) is 0 Å². The molecule has 1 N–H and O–H groups in total. The standard InChI is InChI=1S/C21H24FN3O2S/c1-14(2)10-19-25(21(27)16-5-7-17(22)8-6-16)18(13-28-19)20(26)24-12-15-4-3-9-23-11-15/h3-9,11,14,18-19H,10,12-13H2,1-2H3,(H,24,26). The predicted molar refractivity (Wildman–Crippen MR) is 108 cm³/mol. The molecule has 2 amide bonds. The number of pyridine rings is 1. The molecule has 2 atom stereocenters. The Bertz CT molecular complexity index is 814. The number of nitrogens with one attached hydrogen (secondary N) is 1. The molecule has 148 valence electrons. The lowest BCUT2D eigenvalue weighted by Gasteiger charge is -2.30. The molecule has 1 fully saturated rings. The predicted octanol–water partition coefficient (Wildman–Crippen LogP) is 3.47. The van der Waals surface area contributed by atoms with E-state index in [1.807, 2.05) is 12.1 Å². The zero-order valence-electron chi connectivity index (χ0n) is 16.0. The van der Waals surface area contributed by atoms with Gasteiger partial charge in [0.1, 0.15) is 11.9 Å². The Balaban J connectivity index is 1.76. The van der Waals surface area contributed by atoms with Gasteiger partial charge in [-0.15, -0.1) is 11.8 Å². The Labute approximate surface area is 168 Å². The second kappa shape index (κ2) is 9.19. The number of benzene rings is 1. The number of thioether (sulfide) groups is 1. The highest BCUT2D eigenvalue weighted by molar-refractivity contribution is 8.00. The van der Waals surface area contributed by atoms with Crippen molar-refractivity contribution in [3.8, 4) is 0 Å². The summed E-state index contributed by atoms with van der Waals surface area (Å²) in [4.78, 5) is 31.7. The van der Waals surface area contributed by atoms with Crippen molar-refractivity contribution in [1.82, 2.24) is 15.2 Å². The van der Waals surface area contributed by atoms with Crippen molar-refractivity contribution in [2.24, 2.45) is 5.92 Å². The molecule has 2 aromatic rings. The Kier molecular flexibility index (Phi) is 6.67. The van der Waals surface area contributed by atoms with E-state index in [0.29, 0.717) is 23.8 Å². The summed E-state index contributed by atoms with van der Waals surface area (Å²) in [5.41, 5.74) is 1.29. The van der Waals surface area contributed by atoms with Gasteiger partial charge in [-0.05, 0) is 48.2 Å². The maximum absolute atomic E-state index is 13.2. The lowest BCUT2D eigenvalue weighted by Crippen LogP contribution is -2.49. The van der Waals surface area contributed by atoms with Crippen LogP contribution in [0.5, 0.6) is 0 Å². The van der Waals surface area contributed by atoms with Crippen LogP contribution < -0.4 is 5.32 Å². The van der Waals surface area contributed by atoms with E-state index >= 15 is 0 Å². The van der Waals surface area contributed by atoms with Crippen molar-refractivity contribution >= 4 is 23.6 Å². The molecule has 0 spiro atoms. The second-order valence-corrected chi connectivity index (χ2v) is 8.44. The first kappa shape index (κ1) is 20.3. The van der Waals surface area contributed by atoms with Crippen molar-refractivity contribution in [3.63, 3.8) is 0 Å². The number of nitrogens with zero attached hydrogens (tertiary/aromatic N) is 2. The number of aromatic nitrogens is 1. The minimum absolute atomic E-state index is 0.0771. The van der Waals surface area contributed by atoms with Gasteiger partial charge < -0.3 is 10.2 Å². The third-order valence-electron chi connectivity index (χ3n) is 4.58. The topological polar surface area (TPSA) is 62.3 Å². The largest absolute Gasteiger partial charge is 0.350 e. The highest BCUT2D eigenvalue weighted by atomic mass is 32.2. The van der Waals surface area contributed by atoms with E-state index in [2.05, 4.69) is 24.1 Å². The minimum Gasteiger partial charge on any atom is -0.350 e. The van der Waals surface area contributed by atoms with Crippen LogP contribution in [-0.4, -0.2) is 38.9 Å². The van der Waals surface area contributed by atoms with Gasteiger partial charge in [-0.3, -0.25) is 14.6 Å². The molecule has 1 aromatic carbocycles. The molecule has 0 radical (unpaired) electrons. The average molecular weight is 402 g/mol. The van der Waals surface area contributed by atoms with Crippen LogP contribution in [0, 0.1) is 11.7 Å². The first-order valence-electron chi connectivity index (χ1n) is 9.32. The number of carbonyl (C=O) groups is 2. The Morgan fingerprint density at radius 1 is 1.29 bits per heavy atom. The fraction of sp³-hybridized carbons (Fsp3) is 0.381.